The molecule has 1 N–H and O–H groups in total. The lowest BCUT2D eigenvalue weighted by Crippen LogP contribution is -2.37. The monoisotopic (exact) mass is 299 g/mol. The standard InChI is InChI=1S/C17H21N3O2/c1-2-15(11-20-8-7-18-12-20)19-17(21)14-5-6-16-13(10-14)4-3-9-22-16/h5-8,10,12,15H,2-4,9,11H2,1H3,(H,19,21)/t15-/m1/s1. The SMILES string of the molecule is CC[C@H](Cn1ccnc1)NC(=O)c1ccc2c(c1)CCCO2. The Bertz CT molecular complexity index is 637. The number of carbonyl (C=O) groups excluding carboxylic acids is 1. The van der Waals surface area contributed by atoms with Gasteiger partial charge in [-0.15, -0.1) is 0 Å². The number of aryl methyl sites for hydroxylation is 1. The van der Waals surface area contributed by atoms with E-state index in [1.54, 1.807) is 12.5 Å². The predicted molar refractivity (Wildman–Crippen MR) is 84.0 cm³/mol. The number of hydrogen-bond donors (Lipinski definition) is 1. The first-order valence-corrected chi connectivity index (χ1v) is 7.78. The van der Waals surface area contributed by atoms with Crippen LogP contribution in [0.3, 0.4) is 0 Å². The van der Waals surface area contributed by atoms with Crippen molar-refractivity contribution in [1.82, 2.24) is 14.9 Å². The number of nitrogens with zero attached hydrogens (tertiary/aromatic N) is 2. The Morgan fingerprint density at radius 3 is 3.18 bits per heavy atom. The molecule has 0 spiro atoms. The second-order valence-corrected chi connectivity index (χ2v) is 5.61. The van der Waals surface area contributed by atoms with Crippen molar-refractivity contribution in [3.05, 3.63) is 48.0 Å². The highest BCUT2D eigenvalue weighted by Gasteiger charge is 2.16. The zero-order valence-corrected chi connectivity index (χ0v) is 12.8. The van der Waals surface area contributed by atoms with E-state index in [2.05, 4.69) is 17.2 Å². The summed E-state index contributed by atoms with van der Waals surface area (Å²) < 4.78 is 7.57. The van der Waals surface area contributed by atoms with Gasteiger partial charge in [-0.25, -0.2) is 4.98 Å². The van der Waals surface area contributed by atoms with E-state index in [9.17, 15) is 4.79 Å². The number of fused-ring (bicyclic) bond motifs is 1. The third-order valence-corrected chi connectivity index (χ3v) is 3.99. The summed E-state index contributed by atoms with van der Waals surface area (Å²) in [5, 5.41) is 3.10. The fourth-order valence-corrected chi connectivity index (χ4v) is 2.70. The molecule has 0 unspecified atom stereocenters. The van der Waals surface area contributed by atoms with Crippen LogP contribution < -0.4 is 10.1 Å². The number of amides is 1. The van der Waals surface area contributed by atoms with Gasteiger partial charge in [0.25, 0.3) is 5.91 Å². The number of imidazole rings is 1. The van der Waals surface area contributed by atoms with E-state index < -0.39 is 0 Å². The van der Waals surface area contributed by atoms with Crippen LogP contribution in [0.15, 0.2) is 36.9 Å². The molecule has 2 aromatic rings. The summed E-state index contributed by atoms with van der Waals surface area (Å²) >= 11 is 0. The lowest BCUT2D eigenvalue weighted by Gasteiger charge is -2.20. The summed E-state index contributed by atoms with van der Waals surface area (Å²) in [4.78, 5) is 16.5. The number of carbonyl (C=O) groups is 1. The molecule has 1 aromatic carbocycles. The van der Waals surface area contributed by atoms with E-state index in [0.717, 1.165) is 43.7 Å². The van der Waals surface area contributed by atoms with Gasteiger partial charge >= 0.3 is 0 Å². The van der Waals surface area contributed by atoms with Gasteiger partial charge in [-0.3, -0.25) is 4.79 Å². The highest BCUT2D eigenvalue weighted by molar-refractivity contribution is 5.94. The second-order valence-electron chi connectivity index (χ2n) is 5.61. The average molecular weight is 299 g/mol. The van der Waals surface area contributed by atoms with Crippen molar-refractivity contribution in [2.45, 2.75) is 38.8 Å². The first-order valence-electron chi connectivity index (χ1n) is 7.78. The number of rotatable bonds is 5. The molecule has 5 heteroatoms. The van der Waals surface area contributed by atoms with Gasteiger partial charge < -0.3 is 14.6 Å². The molecule has 0 bridgehead atoms. The highest BCUT2D eigenvalue weighted by atomic mass is 16.5. The van der Waals surface area contributed by atoms with Crippen molar-refractivity contribution >= 4 is 5.91 Å². The normalized spacial score (nSPS) is 14.8. The maximum atomic E-state index is 12.5. The van der Waals surface area contributed by atoms with Gasteiger partial charge in [0.2, 0.25) is 0 Å². The fourth-order valence-electron chi connectivity index (χ4n) is 2.70. The topological polar surface area (TPSA) is 56.2 Å². The minimum absolute atomic E-state index is 0.0275. The van der Waals surface area contributed by atoms with E-state index >= 15 is 0 Å². The fraction of sp³-hybridized carbons (Fsp3) is 0.412. The molecule has 0 saturated carbocycles. The summed E-state index contributed by atoms with van der Waals surface area (Å²) in [6.45, 7) is 3.57. The number of hydrogen-bond acceptors (Lipinski definition) is 3. The Labute approximate surface area is 130 Å². The summed E-state index contributed by atoms with van der Waals surface area (Å²) in [6, 6.07) is 5.78. The molecule has 1 aromatic heterocycles. The Balaban J connectivity index is 1.67. The van der Waals surface area contributed by atoms with Gasteiger partial charge in [-0.05, 0) is 43.0 Å². The zero-order chi connectivity index (χ0) is 15.4. The minimum atomic E-state index is -0.0275. The van der Waals surface area contributed by atoms with Crippen LogP contribution in [0, 0.1) is 0 Å². The van der Waals surface area contributed by atoms with Crippen LogP contribution in [0.5, 0.6) is 5.75 Å². The van der Waals surface area contributed by atoms with Gasteiger partial charge in [0, 0.05) is 30.5 Å². The van der Waals surface area contributed by atoms with Crippen molar-refractivity contribution in [3.8, 4) is 5.75 Å². The Morgan fingerprint density at radius 2 is 2.41 bits per heavy atom. The van der Waals surface area contributed by atoms with Crippen LogP contribution in [0.2, 0.25) is 0 Å². The van der Waals surface area contributed by atoms with Gasteiger partial charge in [0.15, 0.2) is 0 Å². The van der Waals surface area contributed by atoms with E-state index in [0.29, 0.717) is 5.56 Å². The maximum absolute atomic E-state index is 12.5. The molecule has 2 heterocycles. The molecular weight excluding hydrogens is 278 g/mol. The molecule has 1 aliphatic rings. The van der Waals surface area contributed by atoms with Gasteiger partial charge in [0.1, 0.15) is 5.75 Å². The van der Waals surface area contributed by atoms with Crippen molar-refractivity contribution in [2.24, 2.45) is 0 Å². The van der Waals surface area contributed by atoms with Crippen molar-refractivity contribution < 1.29 is 9.53 Å². The summed E-state index contributed by atoms with van der Waals surface area (Å²) in [5.74, 6) is 0.883. The Kier molecular flexibility index (Phi) is 4.42. The molecule has 1 aliphatic heterocycles. The van der Waals surface area contributed by atoms with Crippen LogP contribution in [0.4, 0.5) is 0 Å². The van der Waals surface area contributed by atoms with Crippen LogP contribution in [0.25, 0.3) is 0 Å². The van der Waals surface area contributed by atoms with Crippen LogP contribution in [-0.2, 0) is 13.0 Å². The number of aromatic nitrogens is 2. The lowest BCUT2D eigenvalue weighted by molar-refractivity contribution is 0.0931. The van der Waals surface area contributed by atoms with Gasteiger partial charge in [0.05, 0.1) is 12.9 Å². The number of benzene rings is 1. The maximum Gasteiger partial charge on any atom is 0.251 e. The molecule has 1 atom stereocenters. The summed E-state index contributed by atoms with van der Waals surface area (Å²) in [6.07, 6.45) is 8.28. The zero-order valence-electron chi connectivity index (χ0n) is 12.8. The highest BCUT2D eigenvalue weighted by Crippen LogP contribution is 2.25. The van der Waals surface area contributed by atoms with Gasteiger partial charge in [-0.1, -0.05) is 6.92 Å². The van der Waals surface area contributed by atoms with Crippen LogP contribution >= 0.6 is 0 Å². The molecule has 116 valence electrons. The summed E-state index contributed by atoms with van der Waals surface area (Å²) in [7, 11) is 0. The molecule has 0 aliphatic carbocycles. The molecule has 0 radical (unpaired) electrons. The van der Waals surface area contributed by atoms with Crippen molar-refractivity contribution in [1.29, 1.82) is 0 Å². The first-order chi connectivity index (χ1) is 10.8. The molecule has 0 fully saturated rings. The molecule has 3 rings (SSSR count). The van der Waals surface area contributed by atoms with Crippen molar-refractivity contribution in [3.63, 3.8) is 0 Å². The smallest absolute Gasteiger partial charge is 0.251 e. The summed E-state index contributed by atoms with van der Waals surface area (Å²) in [5.41, 5.74) is 1.83. The lowest BCUT2D eigenvalue weighted by atomic mass is 10.0. The number of nitrogens with one attached hydrogen (secondary N) is 1. The largest absolute Gasteiger partial charge is 0.493 e. The Morgan fingerprint density at radius 1 is 1.50 bits per heavy atom. The number of ether oxygens (including phenoxy) is 1. The average Bonchev–Trinajstić information content (AvgIpc) is 3.06. The second kappa shape index (κ2) is 6.64. The molecule has 0 saturated heterocycles. The van der Waals surface area contributed by atoms with E-state index in [-0.39, 0.29) is 11.9 Å². The van der Waals surface area contributed by atoms with E-state index in [1.165, 1.54) is 0 Å². The third-order valence-electron chi connectivity index (χ3n) is 3.99. The molecule has 22 heavy (non-hydrogen) atoms. The van der Waals surface area contributed by atoms with Crippen molar-refractivity contribution in [2.75, 3.05) is 6.61 Å². The molecule has 5 nitrogen and oxygen atoms in total. The first kappa shape index (κ1) is 14.6. The quantitative estimate of drug-likeness (QED) is 0.922. The predicted octanol–water partition coefficient (Wildman–Crippen LogP) is 2.42. The van der Waals surface area contributed by atoms with E-state index in [4.69, 9.17) is 4.74 Å². The minimum Gasteiger partial charge on any atom is -0.493 e. The van der Waals surface area contributed by atoms with E-state index in [1.807, 2.05) is 29.0 Å². The molecular formula is C17H21N3O2. The van der Waals surface area contributed by atoms with Crippen LogP contribution in [-0.4, -0.2) is 28.1 Å². The van der Waals surface area contributed by atoms with Gasteiger partial charge in [-0.2, -0.15) is 0 Å². The van der Waals surface area contributed by atoms with Crippen LogP contribution in [0.1, 0.15) is 35.7 Å². The molecule has 1 amide bonds. The Hall–Kier alpha value is -2.30. The third kappa shape index (κ3) is 3.30.